The quantitative estimate of drug-likeness (QED) is 0.408. The van der Waals surface area contributed by atoms with Crippen LogP contribution in [-0.2, 0) is 18.4 Å². The highest BCUT2D eigenvalue weighted by Crippen LogP contribution is 2.36. The second-order valence-electron chi connectivity index (χ2n) is 10.7. The Hall–Kier alpha value is -3.67. The molecule has 2 N–H and O–H groups in total. The highest BCUT2D eigenvalue weighted by molar-refractivity contribution is 5.84. The molecule has 0 spiro atoms. The number of hydrogen-bond donors (Lipinski definition) is 1. The van der Waals surface area contributed by atoms with Crippen molar-refractivity contribution in [2.45, 2.75) is 51.0 Å². The van der Waals surface area contributed by atoms with Gasteiger partial charge in [-0.25, -0.2) is 4.98 Å². The van der Waals surface area contributed by atoms with Gasteiger partial charge in [0.15, 0.2) is 0 Å². The van der Waals surface area contributed by atoms with Crippen molar-refractivity contribution in [1.82, 2.24) is 19.4 Å². The summed E-state index contributed by atoms with van der Waals surface area (Å²) in [5.41, 5.74) is 10.5. The Morgan fingerprint density at radius 2 is 2.03 bits per heavy atom. The molecule has 1 saturated heterocycles. The van der Waals surface area contributed by atoms with Gasteiger partial charge in [-0.15, -0.1) is 0 Å². The number of benzene rings is 2. The molecule has 0 bridgehead atoms. The van der Waals surface area contributed by atoms with Gasteiger partial charge >= 0.3 is 0 Å². The summed E-state index contributed by atoms with van der Waals surface area (Å²) >= 11 is 0. The zero-order valence-electron chi connectivity index (χ0n) is 23.6. The third-order valence-corrected chi connectivity index (χ3v) is 7.45. The first-order valence-corrected chi connectivity index (χ1v) is 13.8. The van der Waals surface area contributed by atoms with Gasteiger partial charge in [0.05, 0.1) is 17.8 Å². The van der Waals surface area contributed by atoms with E-state index in [1.165, 1.54) is 0 Å². The van der Waals surface area contributed by atoms with E-state index < -0.39 is 0 Å². The summed E-state index contributed by atoms with van der Waals surface area (Å²) in [6.45, 7) is 4.78. The van der Waals surface area contributed by atoms with Gasteiger partial charge in [0.25, 0.3) is 0 Å². The van der Waals surface area contributed by atoms with Crippen molar-refractivity contribution in [3.8, 4) is 17.6 Å². The molecule has 0 radical (unpaired) electrons. The lowest BCUT2D eigenvalue weighted by molar-refractivity contribution is -0.132. The number of aromatic nitrogens is 2. The number of nitrogens with two attached hydrogens (primary N) is 1. The number of nitrogens with zero attached hydrogens (tertiary/aromatic N) is 5. The van der Waals surface area contributed by atoms with E-state index in [4.69, 9.17) is 10.5 Å². The average molecular weight is 529 g/mol. The van der Waals surface area contributed by atoms with Crippen LogP contribution in [0.2, 0.25) is 0 Å². The smallest absolute Gasteiger partial charge is 0.230 e. The van der Waals surface area contributed by atoms with Crippen LogP contribution in [-0.4, -0.2) is 59.0 Å². The molecular weight excluding hydrogens is 488 g/mol. The second-order valence-corrected chi connectivity index (χ2v) is 10.7. The lowest BCUT2D eigenvalue weighted by atomic mass is 9.92. The number of carbonyl (C=O) groups excluding carboxylic acids is 1. The van der Waals surface area contributed by atoms with Crippen molar-refractivity contribution in [1.29, 1.82) is 5.26 Å². The Kier molecular flexibility index (Phi) is 9.39. The van der Waals surface area contributed by atoms with Crippen LogP contribution >= 0.6 is 0 Å². The summed E-state index contributed by atoms with van der Waals surface area (Å²) in [5.74, 6) is 1.06. The molecule has 1 aromatic heterocycles. The maximum Gasteiger partial charge on any atom is 0.230 e. The van der Waals surface area contributed by atoms with E-state index in [-0.39, 0.29) is 17.7 Å². The maximum atomic E-state index is 13.5. The van der Waals surface area contributed by atoms with Crippen molar-refractivity contribution in [2.24, 2.45) is 12.8 Å². The van der Waals surface area contributed by atoms with Crippen LogP contribution in [0.1, 0.15) is 72.4 Å². The topological polar surface area (TPSA) is 100 Å². The second kappa shape index (κ2) is 12.9. The van der Waals surface area contributed by atoms with E-state index in [9.17, 15) is 10.1 Å². The normalized spacial score (nSPS) is 16.7. The predicted octanol–water partition coefficient (Wildman–Crippen LogP) is 4.74. The maximum absolute atomic E-state index is 13.5. The number of imidazole rings is 1. The Labute approximate surface area is 232 Å². The number of amides is 1. The summed E-state index contributed by atoms with van der Waals surface area (Å²) in [6.07, 6.45) is 7.40. The van der Waals surface area contributed by atoms with Crippen LogP contribution in [0, 0.1) is 11.3 Å². The van der Waals surface area contributed by atoms with Crippen molar-refractivity contribution >= 4 is 5.91 Å². The van der Waals surface area contributed by atoms with Crippen molar-refractivity contribution in [3.05, 3.63) is 76.9 Å². The van der Waals surface area contributed by atoms with E-state index >= 15 is 0 Å². The Bertz CT molecular complexity index is 1320. The summed E-state index contributed by atoms with van der Waals surface area (Å²) < 4.78 is 8.51. The van der Waals surface area contributed by atoms with Crippen molar-refractivity contribution < 1.29 is 9.53 Å². The standard InChI is InChI=1S/C31H40N6O2/c1-5-13-37-14-7-6-8-26(31(37)38)22-10-12-25(20-35(2)3)30(15-22)39-29-16-23(9-11-24(29)17-32)27(18-33)28-19-34-21-36(28)4/h9-12,15-16,19,21,26-27H,5-8,13-14,18,20,33H2,1-4H3. The molecule has 0 aliphatic carbocycles. The van der Waals surface area contributed by atoms with Gasteiger partial charge in [-0.05, 0) is 62.7 Å². The van der Waals surface area contributed by atoms with Gasteiger partial charge in [-0.3, -0.25) is 4.79 Å². The minimum atomic E-state index is -0.192. The van der Waals surface area contributed by atoms with E-state index in [2.05, 4.69) is 35.0 Å². The van der Waals surface area contributed by atoms with Gasteiger partial charge in [-0.2, -0.15) is 5.26 Å². The number of carbonyl (C=O) groups is 1. The highest BCUT2D eigenvalue weighted by atomic mass is 16.5. The molecule has 3 aromatic rings. The van der Waals surface area contributed by atoms with Crippen LogP contribution < -0.4 is 10.5 Å². The molecule has 2 unspecified atom stereocenters. The Morgan fingerprint density at radius 3 is 2.69 bits per heavy atom. The largest absolute Gasteiger partial charge is 0.456 e. The molecule has 2 atom stereocenters. The fraction of sp³-hybridized carbons (Fsp3) is 0.452. The minimum Gasteiger partial charge on any atom is -0.456 e. The first-order valence-electron chi connectivity index (χ1n) is 13.8. The SMILES string of the molecule is CCCN1CCCCC(c2ccc(CN(C)C)c(Oc3cc(C(CN)c4cncn4C)ccc3C#N)c2)C1=O. The molecule has 8 nitrogen and oxygen atoms in total. The number of nitriles is 1. The lowest BCUT2D eigenvalue weighted by Gasteiger charge is -2.25. The van der Waals surface area contributed by atoms with E-state index in [0.29, 0.717) is 30.2 Å². The van der Waals surface area contributed by atoms with E-state index in [1.807, 2.05) is 55.0 Å². The van der Waals surface area contributed by atoms with Crippen LogP contribution in [0.4, 0.5) is 0 Å². The first kappa shape index (κ1) is 28.3. The first-order chi connectivity index (χ1) is 18.9. The zero-order valence-corrected chi connectivity index (χ0v) is 23.6. The molecule has 4 rings (SSSR count). The molecule has 39 heavy (non-hydrogen) atoms. The monoisotopic (exact) mass is 528 g/mol. The fourth-order valence-electron chi connectivity index (χ4n) is 5.44. The minimum absolute atomic E-state index is 0.0895. The van der Waals surface area contributed by atoms with Crippen molar-refractivity contribution in [3.63, 3.8) is 0 Å². The Morgan fingerprint density at radius 1 is 1.21 bits per heavy atom. The number of rotatable bonds is 10. The van der Waals surface area contributed by atoms with Gasteiger partial charge in [0.2, 0.25) is 5.91 Å². The van der Waals surface area contributed by atoms with Gasteiger partial charge < -0.3 is 24.8 Å². The molecule has 1 aliphatic heterocycles. The fourth-order valence-corrected chi connectivity index (χ4v) is 5.44. The third-order valence-electron chi connectivity index (χ3n) is 7.45. The lowest BCUT2D eigenvalue weighted by Crippen LogP contribution is -2.34. The molecule has 206 valence electrons. The van der Waals surface area contributed by atoms with Crippen LogP contribution in [0.25, 0.3) is 0 Å². The van der Waals surface area contributed by atoms with E-state index in [0.717, 1.165) is 61.2 Å². The average Bonchev–Trinajstić information content (AvgIpc) is 3.25. The Balaban J connectivity index is 1.73. The van der Waals surface area contributed by atoms with Crippen LogP contribution in [0.5, 0.6) is 11.5 Å². The molecule has 1 aliphatic rings. The van der Waals surface area contributed by atoms with Crippen molar-refractivity contribution in [2.75, 3.05) is 33.7 Å². The summed E-state index contributed by atoms with van der Waals surface area (Å²) in [4.78, 5) is 21.8. The van der Waals surface area contributed by atoms with Crippen LogP contribution in [0.15, 0.2) is 48.9 Å². The molecule has 1 amide bonds. The van der Waals surface area contributed by atoms with Gasteiger partial charge in [0, 0.05) is 56.6 Å². The van der Waals surface area contributed by atoms with Crippen LogP contribution in [0.3, 0.4) is 0 Å². The summed E-state index contributed by atoms with van der Waals surface area (Å²) in [5, 5.41) is 9.90. The molecule has 1 fully saturated rings. The van der Waals surface area contributed by atoms with Gasteiger partial charge in [-0.1, -0.05) is 31.5 Å². The number of aryl methyl sites for hydroxylation is 1. The van der Waals surface area contributed by atoms with E-state index in [1.54, 1.807) is 12.4 Å². The summed E-state index contributed by atoms with van der Waals surface area (Å²) in [6, 6.07) is 14.0. The predicted molar refractivity (Wildman–Crippen MR) is 153 cm³/mol. The molecule has 2 aromatic carbocycles. The highest BCUT2D eigenvalue weighted by Gasteiger charge is 2.29. The molecule has 8 heteroatoms. The molecule has 0 saturated carbocycles. The number of hydrogen-bond acceptors (Lipinski definition) is 6. The molecule has 2 heterocycles. The summed E-state index contributed by atoms with van der Waals surface area (Å²) in [7, 11) is 5.97. The third kappa shape index (κ3) is 6.49. The molecular formula is C31H40N6O2. The zero-order chi connectivity index (χ0) is 27.9. The van der Waals surface area contributed by atoms with Gasteiger partial charge in [0.1, 0.15) is 17.6 Å². The number of ether oxygens (including phenoxy) is 1. The number of likely N-dealkylation sites (tertiary alicyclic amines) is 1.